The van der Waals surface area contributed by atoms with E-state index in [4.69, 9.17) is 4.98 Å². The topological polar surface area (TPSA) is 83.4 Å². The molecule has 0 bridgehead atoms. The van der Waals surface area contributed by atoms with E-state index < -0.39 is 0 Å². The quantitative estimate of drug-likeness (QED) is 0.696. The van der Waals surface area contributed by atoms with Crippen molar-refractivity contribution in [3.05, 3.63) is 48.2 Å². The van der Waals surface area contributed by atoms with Crippen LogP contribution in [0, 0.1) is 0 Å². The van der Waals surface area contributed by atoms with Gasteiger partial charge >= 0.3 is 0 Å². The van der Waals surface area contributed by atoms with E-state index >= 15 is 0 Å². The largest absolute Gasteiger partial charge is 0.358 e. The van der Waals surface area contributed by atoms with Gasteiger partial charge in [0.2, 0.25) is 5.91 Å². The number of carbonyl (C=O) groups excluding carboxylic acids is 2. The third-order valence-electron chi connectivity index (χ3n) is 5.51. The number of aryl methyl sites for hydroxylation is 1. The van der Waals surface area contributed by atoms with Crippen LogP contribution in [0.3, 0.4) is 0 Å². The highest BCUT2D eigenvalue weighted by atomic mass is 16.2. The van der Waals surface area contributed by atoms with Crippen molar-refractivity contribution in [3.8, 4) is 11.3 Å². The van der Waals surface area contributed by atoms with Gasteiger partial charge in [0.1, 0.15) is 0 Å². The molecule has 1 aromatic carbocycles. The molecule has 3 aromatic rings. The number of fused-ring (bicyclic) bond motifs is 1. The maximum absolute atomic E-state index is 13.4. The van der Waals surface area contributed by atoms with Crippen molar-refractivity contribution in [2.75, 3.05) is 39.8 Å². The monoisotopic (exact) mass is 406 g/mol. The molecule has 1 N–H and O–H groups in total. The second-order valence-corrected chi connectivity index (χ2v) is 7.36. The van der Waals surface area contributed by atoms with Gasteiger partial charge in [-0.25, -0.2) is 9.67 Å². The lowest BCUT2D eigenvalue weighted by Gasteiger charge is -2.34. The summed E-state index contributed by atoms with van der Waals surface area (Å²) < 4.78 is 1.82. The van der Waals surface area contributed by atoms with Crippen LogP contribution in [0.4, 0.5) is 0 Å². The number of amides is 2. The number of pyridine rings is 1. The molecular formula is C22H26N6O2. The minimum atomic E-state index is -0.0187. The Morgan fingerprint density at radius 2 is 1.83 bits per heavy atom. The van der Waals surface area contributed by atoms with Crippen molar-refractivity contribution >= 4 is 22.8 Å². The van der Waals surface area contributed by atoms with Crippen LogP contribution >= 0.6 is 0 Å². The number of nitrogens with one attached hydrogen (secondary N) is 1. The van der Waals surface area contributed by atoms with E-state index in [1.807, 2.05) is 52.9 Å². The maximum atomic E-state index is 13.4. The summed E-state index contributed by atoms with van der Waals surface area (Å²) in [5.74, 6) is -0.0278. The number of aromatic nitrogens is 3. The van der Waals surface area contributed by atoms with E-state index in [0.29, 0.717) is 44.8 Å². The lowest BCUT2D eigenvalue weighted by atomic mass is 10.1. The van der Waals surface area contributed by atoms with Gasteiger partial charge in [-0.15, -0.1) is 0 Å². The molecule has 2 amide bonds. The summed E-state index contributed by atoms with van der Waals surface area (Å²) in [7, 11) is 1.64. The van der Waals surface area contributed by atoms with Crippen LogP contribution in [-0.2, 0) is 11.3 Å². The van der Waals surface area contributed by atoms with Gasteiger partial charge in [0.05, 0.1) is 29.4 Å². The lowest BCUT2D eigenvalue weighted by molar-refractivity contribution is -0.122. The lowest BCUT2D eigenvalue weighted by Crippen LogP contribution is -2.50. The molecule has 0 unspecified atom stereocenters. The fourth-order valence-corrected chi connectivity index (χ4v) is 3.77. The van der Waals surface area contributed by atoms with E-state index in [1.54, 1.807) is 13.2 Å². The van der Waals surface area contributed by atoms with Crippen LogP contribution in [0.25, 0.3) is 22.3 Å². The van der Waals surface area contributed by atoms with Crippen LogP contribution in [0.5, 0.6) is 0 Å². The molecule has 8 nitrogen and oxygen atoms in total. The summed E-state index contributed by atoms with van der Waals surface area (Å²) in [6, 6.07) is 11.7. The van der Waals surface area contributed by atoms with Crippen LogP contribution < -0.4 is 5.32 Å². The van der Waals surface area contributed by atoms with Gasteiger partial charge < -0.3 is 10.2 Å². The van der Waals surface area contributed by atoms with Crippen molar-refractivity contribution in [1.29, 1.82) is 0 Å². The first kappa shape index (κ1) is 20.0. The molecule has 30 heavy (non-hydrogen) atoms. The molecular weight excluding hydrogens is 380 g/mol. The Kier molecular flexibility index (Phi) is 5.76. The number of carbonyl (C=O) groups is 2. The van der Waals surface area contributed by atoms with Crippen LogP contribution in [0.15, 0.2) is 42.6 Å². The van der Waals surface area contributed by atoms with Crippen molar-refractivity contribution in [1.82, 2.24) is 29.9 Å². The van der Waals surface area contributed by atoms with Crippen molar-refractivity contribution < 1.29 is 9.59 Å². The van der Waals surface area contributed by atoms with Gasteiger partial charge in [-0.05, 0) is 13.0 Å². The third kappa shape index (κ3) is 3.91. The second kappa shape index (κ2) is 8.62. The Morgan fingerprint density at radius 1 is 1.10 bits per heavy atom. The first-order chi connectivity index (χ1) is 14.6. The van der Waals surface area contributed by atoms with Crippen molar-refractivity contribution in [2.24, 2.45) is 0 Å². The smallest absolute Gasteiger partial charge is 0.254 e. The molecule has 1 saturated heterocycles. The van der Waals surface area contributed by atoms with Gasteiger partial charge in [0.15, 0.2) is 5.65 Å². The minimum absolute atomic E-state index is 0.00917. The highest BCUT2D eigenvalue weighted by Crippen LogP contribution is 2.26. The number of likely N-dealkylation sites (N-methyl/N-ethyl adjacent to an activating group) is 1. The van der Waals surface area contributed by atoms with Crippen LogP contribution in [0.2, 0.25) is 0 Å². The second-order valence-electron chi connectivity index (χ2n) is 7.36. The summed E-state index contributed by atoms with van der Waals surface area (Å²) in [5, 5.41) is 7.84. The van der Waals surface area contributed by atoms with Crippen LogP contribution in [0.1, 0.15) is 17.3 Å². The fourth-order valence-electron chi connectivity index (χ4n) is 3.77. The standard InChI is InChI=1S/C22H26N6O2/c1-3-28-21-18(14-24-28)17(13-19(25-21)16-7-5-4-6-8-16)22(30)27-11-9-26(10-12-27)15-20(29)23-2/h4-8,13-14H,3,9-12,15H2,1-2H3,(H,23,29). The van der Waals surface area contributed by atoms with E-state index in [1.165, 1.54) is 0 Å². The maximum Gasteiger partial charge on any atom is 0.254 e. The Bertz CT molecular complexity index is 1050. The molecule has 1 aliphatic heterocycles. The molecule has 4 rings (SSSR count). The molecule has 0 spiro atoms. The number of nitrogens with zero attached hydrogens (tertiary/aromatic N) is 5. The Morgan fingerprint density at radius 3 is 2.50 bits per heavy atom. The predicted molar refractivity (Wildman–Crippen MR) is 115 cm³/mol. The average Bonchev–Trinajstić information content (AvgIpc) is 3.22. The van der Waals surface area contributed by atoms with Crippen molar-refractivity contribution in [3.63, 3.8) is 0 Å². The molecule has 8 heteroatoms. The average molecular weight is 406 g/mol. The molecule has 0 aliphatic carbocycles. The van der Waals surface area contributed by atoms with Gasteiger partial charge in [-0.1, -0.05) is 30.3 Å². The summed E-state index contributed by atoms with van der Waals surface area (Å²) >= 11 is 0. The van der Waals surface area contributed by atoms with Gasteiger partial charge in [-0.3, -0.25) is 14.5 Å². The first-order valence-electron chi connectivity index (χ1n) is 10.2. The van der Waals surface area contributed by atoms with Crippen LogP contribution in [-0.4, -0.2) is 76.2 Å². The highest BCUT2D eigenvalue weighted by Gasteiger charge is 2.26. The van der Waals surface area contributed by atoms with Gasteiger partial charge in [0.25, 0.3) is 5.91 Å². The zero-order valence-electron chi connectivity index (χ0n) is 17.3. The molecule has 156 valence electrons. The van der Waals surface area contributed by atoms with E-state index in [0.717, 1.165) is 22.3 Å². The molecule has 2 aromatic heterocycles. The molecule has 1 fully saturated rings. The zero-order valence-corrected chi connectivity index (χ0v) is 17.3. The molecule has 0 radical (unpaired) electrons. The summed E-state index contributed by atoms with van der Waals surface area (Å²) in [4.78, 5) is 33.8. The number of hydrogen-bond donors (Lipinski definition) is 1. The van der Waals surface area contributed by atoms with E-state index in [-0.39, 0.29) is 11.8 Å². The van der Waals surface area contributed by atoms with E-state index in [2.05, 4.69) is 15.3 Å². The molecule has 1 aliphatic rings. The number of benzene rings is 1. The fraction of sp³-hybridized carbons (Fsp3) is 0.364. The minimum Gasteiger partial charge on any atom is -0.358 e. The Hall–Kier alpha value is -3.26. The van der Waals surface area contributed by atoms with Crippen molar-refractivity contribution in [2.45, 2.75) is 13.5 Å². The third-order valence-corrected chi connectivity index (χ3v) is 5.51. The number of piperazine rings is 1. The Balaban J connectivity index is 1.64. The highest BCUT2D eigenvalue weighted by molar-refractivity contribution is 6.06. The zero-order chi connectivity index (χ0) is 21.1. The van der Waals surface area contributed by atoms with E-state index in [9.17, 15) is 9.59 Å². The normalized spacial score (nSPS) is 14.8. The Labute approximate surface area is 175 Å². The molecule has 3 heterocycles. The summed E-state index contributed by atoms with van der Waals surface area (Å²) in [6.07, 6.45) is 1.73. The van der Waals surface area contributed by atoms with Gasteiger partial charge in [-0.2, -0.15) is 5.10 Å². The number of rotatable bonds is 5. The molecule has 0 saturated carbocycles. The summed E-state index contributed by atoms with van der Waals surface area (Å²) in [6.45, 7) is 5.57. The molecule has 0 atom stereocenters. The summed E-state index contributed by atoms with van der Waals surface area (Å²) in [5.41, 5.74) is 3.08. The first-order valence-corrected chi connectivity index (χ1v) is 10.2. The predicted octanol–water partition coefficient (Wildman–Crippen LogP) is 1.62. The SMILES string of the molecule is CCn1ncc2c(C(=O)N3CCN(CC(=O)NC)CC3)cc(-c3ccccc3)nc21. The number of hydrogen-bond acceptors (Lipinski definition) is 5. The van der Waals surface area contributed by atoms with Gasteiger partial charge in [0, 0.05) is 45.3 Å².